The second-order valence-corrected chi connectivity index (χ2v) is 7.18. The molecule has 0 radical (unpaired) electrons. The Bertz CT molecular complexity index is 555. The summed E-state index contributed by atoms with van der Waals surface area (Å²) in [6, 6.07) is 0. The predicted octanol–water partition coefficient (Wildman–Crippen LogP) is 2.74. The van der Waals surface area contributed by atoms with Crippen LogP contribution in [0.25, 0.3) is 0 Å². The van der Waals surface area contributed by atoms with Crippen molar-refractivity contribution in [2.45, 2.75) is 29.4 Å². The van der Waals surface area contributed by atoms with Gasteiger partial charge in [-0.3, -0.25) is 9.59 Å². The molecule has 1 saturated heterocycles. The van der Waals surface area contributed by atoms with E-state index in [0.717, 1.165) is 0 Å². The molecule has 22 heavy (non-hydrogen) atoms. The van der Waals surface area contributed by atoms with Crippen molar-refractivity contribution in [2.24, 2.45) is 11.8 Å². The summed E-state index contributed by atoms with van der Waals surface area (Å²) in [4.78, 5) is 20.8. The highest BCUT2D eigenvalue weighted by Crippen LogP contribution is 2.75. The predicted molar refractivity (Wildman–Crippen MR) is 80.0 cm³/mol. The van der Waals surface area contributed by atoms with Gasteiger partial charge in [0.1, 0.15) is 11.8 Å². The molecule has 2 fully saturated rings. The van der Waals surface area contributed by atoms with Crippen molar-refractivity contribution in [3.8, 4) is 0 Å². The van der Waals surface area contributed by atoms with Crippen LogP contribution in [0.1, 0.15) is 13.8 Å². The molecule has 0 aromatic carbocycles. The molecule has 2 bridgehead atoms. The molecule has 4 unspecified atom stereocenters. The Balaban J connectivity index is 2.32. The molecule has 0 aromatic rings. The SMILES string of the molecule is CCOC1(OCC)C2(Cl)C(Cl)=C(Cl)C1(Cl)C1C(=O)OC(=O)C12. The molecule has 1 heterocycles. The number of esters is 2. The van der Waals surface area contributed by atoms with Crippen LogP contribution in [-0.4, -0.2) is 40.7 Å². The monoisotopic (exact) mass is 388 g/mol. The lowest BCUT2D eigenvalue weighted by molar-refractivity contribution is -0.247. The molecule has 0 N–H and O–H groups in total. The van der Waals surface area contributed by atoms with E-state index in [1.165, 1.54) is 0 Å². The summed E-state index contributed by atoms with van der Waals surface area (Å²) in [6.07, 6.45) is 0. The second-order valence-electron chi connectivity index (χ2n) is 5.23. The first kappa shape index (κ1) is 16.8. The number of cyclic esters (lactones) is 2. The van der Waals surface area contributed by atoms with Gasteiger partial charge in [0.05, 0.1) is 10.1 Å². The van der Waals surface area contributed by atoms with Crippen molar-refractivity contribution >= 4 is 58.3 Å². The molecule has 1 aliphatic heterocycles. The first-order valence-electron chi connectivity index (χ1n) is 6.71. The van der Waals surface area contributed by atoms with Crippen LogP contribution >= 0.6 is 46.4 Å². The van der Waals surface area contributed by atoms with Crippen molar-refractivity contribution in [1.29, 1.82) is 0 Å². The fourth-order valence-corrected chi connectivity index (χ4v) is 5.77. The van der Waals surface area contributed by atoms with E-state index < -0.39 is 39.3 Å². The summed E-state index contributed by atoms with van der Waals surface area (Å²) < 4.78 is 16.2. The number of hydrogen-bond acceptors (Lipinski definition) is 5. The normalized spacial score (nSPS) is 42.1. The van der Waals surface area contributed by atoms with Gasteiger partial charge in [-0.25, -0.2) is 0 Å². The van der Waals surface area contributed by atoms with Crippen LogP contribution in [0.15, 0.2) is 10.1 Å². The van der Waals surface area contributed by atoms with Crippen LogP contribution in [0.2, 0.25) is 0 Å². The molecule has 9 heteroatoms. The molecule has 3 rings (SSSR count). The summed E-state index contributed by atoms with van der Waals surface area (Å²) in [5.41, 5.74) is 0. The average Bonchev–Trinajstić information content (AvgIpc) is 2.89. The fraction of sp³-hybridized carbons (Fsp3) is 0.692. The van der Waals surface area contributed by atoms with E-state index in [1.807, 2.05) is 0 Å². The van der Waals surface area contributed by atoms with Crippen LogP contribution in [0.5, 0.6) is 0 Å². The maximum absolute atomic E-state index is 12.1. The fourth-order valence-electron chi connectivity index (χ4n) is 3.71. The molecule has 1 saturated carbocycles. The molecule has 5 nitrogen and oxygen atoms in total. The smallest absolute Gasteiger partial charge is 0.319 e. The molecule has 0 amide bonds. The van der Waals surface area contributed by atoms with Gasteiger partial charge in [0.25, 0.3) is 0 Å². The molecular formula is C13H12Cl4O5. The standard InChI is InChI=1S/C13H12Cl4O5/c1-3-20-13(21-4-2)11(16)5-6(10(19)22-9(5)18)12(13,17)8(15)7(11)14/h5-6H,3-4H2,1-2H3. The minimum absolute atomic E-state index is 0.0550. The molecule has 2 aliphatic carbocycles. The van der Waals surface area contributed by atoms with E-state index in [1.54, 1.807) is 13.8 Å². The van der Waals surface area contributed by atoms with E-state index in [-0.39, 0.29) is 23.3 Å². The van der Waals surface area contributed by atoms with E-state index >= 15 is 0 Å². The van der Waals surface area contributed by atoms with Gasteiger partial charge >= 0.3 is 11.9 Å². The largest absolute Gasteiger partial charge is 0.393 e. The lowest BCUT2D eigenvalue weighted by atomic mass is 9.84. The maximum Gasteiger partial charge on any atom is 0.319 e. The van der Waals surface area contributed by atoms with Crippen LogP contribution in [0.3, 0.4) is 0 Å². The number of rotatable bonds is 4. The molecule has 3 aliphatic rings. The molecule has 4 atom stereocenters. The highest BCUT2D eigenvalue weighted by atomic mass is 35.5. The third kappa shape index (κ3) is 1.47. The zero-order valence-corrected chi connectivity index (χ0v) is 14.6. The summed E-state index contributed by atoms with van der Waals surface area (Å²) >= 11 is 26.0. The topological polar surface area (TPSA) is 61.8 Å². The zero-order valence-electron chi connectivity index (χ0n) is 11.6. The molecule has 0 aromatic heterocycles. The average molecular weight is 390 g/mol. The van der Waals surface area contributed by atoms with Crippen LogP contribution in [0, 0.1) is 11.8 Å². The van der Waals surface area contributed by atoms with E-state index in [0.29, 0.717) is 0 Å². The second kappa shape index (κ2) is 4.98. The van der Waals surface area contributed by atoms with Gasteiger partial charge < -0.3 is 14.2 Å². The Morgan fingerprint density at radius 2 is 1.32 bits per heavy atom. The number of hydrogen-bond donors (Lipinski definition) is 0. The van der Waals surface area contributed by atoms with Gasteiger partial charge in [0.15, 0.2) is 9.75 Å². The first-order valence-corrected chi connectivity index (χ1v) is 8.22. The van der Waals surface area contributed by atoms with Gasteiger partial charge in [0.2, 0.25) is 5.79 Å². The van der Waals surface area contributed by atoms with Crippen molar-refractivity contribution in [2.75, 3.05) is 13.2 Å². The number of halogens is 4. The number of carbonyl (C=O) groups is 2. The number of carbonyl (C=O) groups excluding carboxylic acids is 2. The summed E-state index contributed by atoms with van der Waals surface area (Å²) in [7, 11) is 0. The number of fused-ring (bicyclic) bond motifs is 5. The van der Waals surface area contributed by atoms with E-state index in [2.05, 4.69) is 4.74 Å². The van der Waals surface area contributed by atoms with Crippen molar-refractivity contribution in [3.05, 3.63) is 10.1 Å². The highest BCUT2D eigenvalue weighted by molar-refractivity contribution is 6.53. The number of alkyl halides is 2. The van der Waals surface area contributed by atoms with Crippen LogP contribution in [0.4, 0.5) is 0 Å². The maximum atomic E-state index is 12.1. The van der Waals surface area contributed by atoms with Gasteiger partial charge in [-0.05, 0) is 13.8 Å². The third-order valence-corrected chi connectivity index (χ3v) is 6.99. The Morgan fingerprint density at radius 1 is 0.955 bits per heavy atom. The van der Waals surface area contributed by atoms with E-state index in [9.17, 15) is 9.59 Å². The van der Waals surface area contributed by atoms with E-state index in [4.69, 9.17) is 55.9 Å². The van der Waals surface area contributed by atoms with Crippen LogP contribution in [-0.2, 0) is 23.8 Å². The lowest BCUT2D eigenvalue weighted by Crippen LogP contribution is -2.60. The quantitative estimate of drug-likeness (QED) is 0.320. The van der Waals surface area contributed by atoms with Gasteiger partial charge in [0, 0.05) is 13.2 Å². The zero-order chi connectivity index (χ0) is 16.5. The van der Waals surface area contributed by atoms with Crippen molar-refractivity contribution < 1.29 is 23.8 Å². The Labute approximate surface area is 146 Å². The third-order valence-electron chi connectivity index (χ3n) is 4.38. The summed E-state index contributed by atoms with van der Waals surface area (Å²) in [5, 5.41) is -0.110. The Morgan fingerprint density at radius 3 is 1.64 bits per heavy atom. The lowest BCUT2D eigenvalue weighted by Gasteiger charge is -2.43. The molecular weight excluding hydrogens is 378 g/mol. The van der Waals surface area contributed by atoms with Crippen molar-refractivity contribution in [1.82, 2.24) is 0 Å². The first-order chi connectivity index (χ1) is 10.2. The van der Waals surface area contributed by atoms with Crippen LogP contribution < -0.4 is 0 Å². The van der Waals surface area contributed by atoms with Gasteiger partial charge in [-0.2, -0.15) is 0 Å². The summed E-state index contributed by atoms with van der Waals surface area (Å²) in [6.45, 7) is 3.74. The summed E-state index contributed by atoms with van der Waals surface area (Å²) in [5.74, 6) is -5.58. The minimum Gasteiger partial charge on any atom is -0.393 e. The molecule has 0 spiro atoms. The van der Waals surface area contributed by atoms with Crippen molar-refractivity contribution in [3.63, 3.8) is 0 Å². The minimum atomic E-state index is -1.73. The van der Waals surface area contributed by atoms with Gasteiger partial charge in [-0.15, -0.1) is 23.2 Å². The molecule has 122 valence electrons. The number of ether oxygens (including phenoxy) is 3. The Hall–Kier alpha value is -0.0400. The van der Waals surface area contributed by atoms with Gasteiger partial charge in [-0.1, -0.05) is 23.2 Å². The Kier molecular flexibility index (Phi) is 3.80. The highest BCUT2D eigenvalue weighted by Gasteiger charge is 2.90.